The first kappa shape index (κ1) is 13.0. The Morgan fingerprint density at radius 1 is 1.38 bits per heavy atom. The molecular weight excluding hydrogens is 223 g/mol. The molecule has 0 unspecified atom stereocenters. The maximum Gasteiger partial charge on any atom is 0.155 e. The average molecular weight is 240 g/mol. The van der Waals surface area contributed by atoms with Crippen molar-refractivity contribution in [2.24, 2.45) is 4.40 Å². The van der Waals surface area contributed by atoms with Crippen LogP contribution in [-0.4, -0.2) is 10.5 Å². The number of nitrogens with two attached hydrogens (primary N) is 1. The van der Waals surface area contributed by atoms with Gasteiger partial charge in [-0.1, -0.05) is 12.1 Å². The number of halogens is 1. The summed E-state index contributed by atoms with van der Waals surface area (Å²) < 4.78 is 18.0. The predicted molar refractivity (Wildman–Crippen MR) is 70.4 cm³/mol. The summed E-state index contributed by atoms with van der Waals surface area (Å²) in [6.07, 6.45) is 0. The third-order valence-corrected chi connectivity index (χ3v) is 2.79. The molecule has 0 saturated carbocycles. The molecular formula is C12H17FN2S. The number of hydrogen-bond donors (Lipinski definition) is 1. The highest BCUT2D eigenvalue weighted by atomic mass is 32.2. The first-order valence-electron chi connectivity index (χ1n) is 5.08. The van der Waals surface area contributed by atoms with Crippen molar-refractivity contribution in [3.8, 4) is 0 Å². The number of rotatable bonds is 2. The SMILES string of the molecule is C/C(=N\SC(C)(C)C)c1cccc(N)c1F. The lowest BCUT2D eigenvalue weighted by molar-refractivity contribution is 0.630. The number of anilines is 1. The van der Waals surface area contributed by atoms with E-state index < -0.39 is 5.82 Å². The highest BCUT2D eigenvalue weighted by molar-refractivity contribution is 7.99. The van der Waals surface area contributed by atoms with E-state index in [9.17, 15) is 4.39 Å². The van der Waals surface area contributed by atoms with E-state index in [2.05, 4.69) is 25.2 Å². The molecule has 0 saturated heterocycles. The van der Waals surface area contributed by atoms with Crippen molar-refractivity contribution in [2.75, 3.05) is 5.73 Å². The molecule has 0 aliphatic rings. The first-order chi connectivity index (χ1) is 7.31. The Bertz CT molecular complexity index is 408. The smallest absolute Gasteiger partial charge is 0.155 e. The van der Waals surface area contributed by atoms with E-state index in [1.54, 1.807) is 25.1 Å². The van der Waals surface area contributed by atoms with Gasteiger partial charge in [0.25, 0.3) is 0 Å². The highest BCUT2D eigenvalue weighted by Crippen LogP contribution is 2.26. The molecule has 0 fully saturated rings. The van der Waals surface area contributed by atoms with E-state index in [0.717, 1.165) is 0 Å². The third-order valence-electron chi connectivity index (χ3n) is 1.87. The third kappa shape index (κ3) is 3.52. The standard InChI is InChI=1S/C12H17FN2S/c1-8(15-16-12(2,3)4)9-6-5-7-10(14)11(9)13/h5-7H,14H2,1-4H3/b15-8+. The minimum absolute atomic E-state index is 0.0259. The van der Waals surface area contributed by atoms with Crippen molar-refractivity contribution in [3.05, 3.63) is 29.6 Å². The van der Waals surface area contributed by atoms with Crippen LogP contribution in [0.25, 0.3) is 0 Å². The normalized spacial score (nSPS) is 12.9. The van der Waals surface area contributed by atoms with Crippen molar-refractivity contribution in [2.45, 2.75) is 32.4 Å². The quantitative estimate of drug-likeness (QED) is 0.486. The summed E-state index contributed by atoms with van der Waals surface area (Å²) in [7, 11) is 0. The number of nitrogen functional groups attached to an aromatic ring is 1. The Labute approximate surface area is 100 Å². The fraction of sp³-hybridized carbons (Fsp3) is 0.417. The molecule has 0 radical (unpaired) electrons. The van der Waals surface area contributed by atoms with E-state index in [4.69, 9.17) is 5.73 Å². The van der Waals surface area contributed by atoms with Crippen molar-refractivity contribution in [3.63, 3.8) is 0 Å². The summed E-state index contributed by atoms with van der Waals surface area (Å²) in [4.78, 5) is 0. The second kappa shape index (κ2) is 4.87. The van der Waals surface area contributed by atoms with Crippen LogP contribution < -0.4 is 5.73 Å². The van der Waals surface area contributed by atoms with Gasteiger partial charge in [-0.2, -0.15) is 0 Å². The van der Waals surface area contributed by atoms with Crippen LogP contribution in [0.1, 0.15) is 33.3 Å². The first-order valence-corrected chi connectivity index (χ1v) is 5.86. The minimum Gasteiger partial charge on any atom is -0.396 e. The summed E-state index contributed by atoms with van der Waals surface area (Å²) in [6.45, 7) is 7.97. The van der Waals surface area contributed by atoms with Crippen LogP contribution in [0.5, 0.6) is 0 Å². The molecule has 2 nitrogen and oxygen atoms in total. The maximum atomic E-state index is 13.7. The molecule has 16 heavy (non-hydrogen) atoms. The van der Waals surface area contributed by atoms with E-state index in [1.807, 2.05) is 0 Å². The zero-order valence-electron chi connectivity index (χ0n) is 10.0. The second-order valence-corrected chi connectivity index (χ2v) is 6.18. The van der Waals surface area contributed by atoms with Gasteiger partial charge in [0.05, 0.1) is 11.4 Å². The topological polar surface area (TPSA) is 38.4 Å². The Kier molecular flexibility index (Phi) is 3.97. The summed E-state index contributed by atoms with van der Waals surface area (Å²) in [6, 6.07) is 4.96. The van der Waals surface area contributed by atoms with Gasteiger partial charge >= 0.3 is 0 Å². The van der Waals surface area contributed by atoms with Crippen LogP contribution in [0.3, 0.4) is 0 Å². The van der Waals surface area contributed by atoms with E-state index in [1.165, 1.54) is 11.9 Å². The molecule has 2 N–H and O–H groups in total. The molecule has 88 valence electrons. The second-order valence-electron chi connectivity index (χ2n) is 4.59. The number of nitrogens with zero attached hydrogens (tertiary/aromatic N) is 1. The van der Waals surface area contributed by atoms with Gasteiger partial charge in [0.1, 0.15) is 0 Å². The van der Waals surface area contributed by atoms with Crippen molar-refractivity contribution >= 4 is 23.3 Å². The van der Waals surface area contributed by atoms with Gasteiger partial charge < -0.3 is 5.73 Å². The molecule has 1 aromatic carbocycles. The fourth-order valence-corrected chi connectivity index (χ4v) is 1.59. The van der Waals surface area contributed by atoms with Crippen molar-refractivity contribution in [1.82, 2.24) is 0 Å². The molecule has 0 atom stereocenters. The molecule has 0 aromatic heterocycles. The molecule has 0 aliphatic carbocycles. The van der Waals surface area contributed by atoms with Crippen LogP contribution in [0.15, 0.2) is 22.6 Å². The molecule has 0 bridgehead atoms. The monoisotopic (exact) mass is 240 g/mol. The molecule has 0 aliphatic heterocycles. The minimum atomic E-state index is -0.391. The zero-order chi connectivity index (χ0) is 12.3. The van der Waals surface area contributed by atoms with Crippen LogP contribution in [0.2, 0.25) is 0 Å². The lowest BCUT2D eigenvalue weighted by atomic mass is 10.1. The number of benzene rings is 1. The maximum absolute atomic E-state index is 13.7. The summed E-state index contributed by atoms with van der Waals surface area (Å²) in [5.41, 5.74) is 6.79. The Morgan fingerprint density at radius 3 is 2.56 bits per heavy atom. The lowest BCUT2D eigenvalue weighted by Crippen LogP contribution is -2.07. The number of hydrogen-bond acceptors (Lipinski definition) is 3. The van der Waals surface area contributed by atoms with E-state index >= 15 is 0 Å². The van der Waals surface area contributed by atoms with Gasteiger partial charge in [-0.25, -0.2) is 8.79 Å². The van der Waals surface area contributed by atoms with Crippen LogP contribution >= 0.6 is 11.9 Å². The summed E-state index contributed by atoms with van der Waals surface area (Å²) in [5.74, 6) is -0.391. The van der Waals surface area contributed by atoms with Crippen molar-refractivity contribution in [1.29, 1.82) is 0 Å². The molecule has 4 heteroatoms. The van der Waals surface area contributed by atoms with Crippen LogP contribution in [-0.2, 0) is 0 Å². The molecule has 0 spiro atoms. The van der Waals surface area contributed by atoms with Gasteiger partial charge in [0.2, 0.25) is 0 Å². The van der Waals surface area contributed by atoms with E-state index in [0.29, 0.717) is 11.3 Å². The molecule has 1 aromatic rings. The van der Waals surface area contributed by atoms with Gasteiger partial charge in [0.15, 0.2) is 5.82 Å². The van der Waals surface area contributed by atoms with Gasteiger partial charge in [0, 0.05) is 10.3 Å². The van der Waals surface area contributed by atoms with Gasteiger partial charge in [-0.15, -0.1) is 0 Å². The van der Waals surface area contributed by atoms with Crippen LogP contribution in [0, 0.1) is 5.82 Å². The molecule has 0 amide bonds. The van der Waals surface area contributed by atoms with Crippen LogP contribution in [0.4, 0.5) is 10.1 Å². The predicted octanol–water partition coefficient (Wildman–Crippen LogP) is 3.66. The molecule has 0 heterocycles. The average Bonchev–Trinajstić information content (AvgIpc) is 2.17. The lowest BCUT2D eigenvalue weighted by Gasteiger charge is -2.14. The summed E-state index contributed by atoms with van der Waals surface area (Å²) in [5, 5.41) is 0. The van der Waals surface area contributed by atoms with Crippen molar-refractivity contribution < 1.29 is 4.39 Å². The Morgan fingerprint density at radius 2 is 2.00 bits per heavy atom. The summed E-state index contributed by atoms with van der Waals surface area (Å²) >= 11 is 1.43. The fourth-order valence-electron chi connectivity index (χ4n) is 1.08. The Hall–Kier alpha value is -1.03. The zero-order valence-corrected chi connectivity index (χ0v) is 10.9. The van der Waals surface area contributed by atoms with E-state index in [-0.39, 0.29) is 10.4 Å². The van der Waals surface area contributed by atoms with Gasteiger partial charge in [-0.05, 0) is 45.7 Å². The largest absolute Gasteiger partial charge is 0.396 e. The van der Waals surface area contributed by atoms with Gasteiger partial charge in [-0.3, -0.25) is 0 Å². The molecule has 1 rings (SSSR count). The Balaban J connectivity index is 2.97. The highest BCUT2D eigenvalue weighted by Gasteiger charge is 2.12.